The molecule has 4 aromatic heterocycles. The van der Waals surface area contributed by atoms with Crippen LogP contribution in [0.2, 0.25) is 0 Å². The standard InChI is InChI=1S/C19H21F2N11O8P2S2/c20-7-5(1-37-41(35)43)39-18(31-4-26-10-15(31)27-19(23)28-16(10)34)12(7)42(36,44)38-2-6-11(33)8(21)17(40-6)32-14-9(29-30-32)13(22)24-3-25-14/h3-8,11-12,17-18,33H,1-2H2,(H6-,22,23,24,25,27,28,30,34,35,36,43,44)/p+1/t5-,6-,7-,8+,11-,12-,17-,18-,42?/m1/s1. The number of anilines is 2. The predicted molar refractivity (Wildman–Crippen MR) is 152 cm³/mol. The molecule has 0 spiro atoms. The van der Waals surface area contributed by atoms with Gasteiger partial charge in [0, 0.05) is 0 Å². The maximum atomic E-state index is 15.9. The van der Waals surface area contributed by atoms with Crippen LogP contribution in [-0.4, -0.2) is 104 Å². The number of fused-ring (bicyclic) bond motifs is 2. The zero-order valence-electron chi connectivity index (χ0n) is 21.8. The van der Waals surface area contributed by atoms with E-state index in [1.165, 1.54) is 0 Å². The minimum atomic E-state index is -4.30. The summed E-state index contributed by atoms with van der Waals surface area (Å²) in [5, 5.41) is 18.2. The largest absolute Gasteiger partial charge is 0.582 e. The Morgan fingerprint density at radius 1 is 1.14 bits per heavy atom. The molecular formula is C19H22F2N11O8P2S2+. The van der Waals surface area contributed by atoms with Gasteiger partial charge in [-0.3, -0.25) is 14.3 Å². The number of nitrogens with two attached hydrogens (primary N) is 2. The van der Waals surface area contributed by atoms with Crippen molar-refractivity contribution in [1.82, 2.24) is 44.5 Å². The number of aromatic amines is 1. The average Bonchev–Trinajstić information content (AvgIpc) is 3.72. The van der Waals surface area contributed by atoms with E-state index in [0.29, 0.717) is 0 Å². The molecule has 19 nitrogen and oxygen atoms in total. The fourth-order valence-corrected chi connectivity index (χ4v) is 7.88. The number of hydrogen-bond donors (Lipinski definition) is 6. The van der Waals surface area contributed by atoms with E-state index >= 15 is 8.78 Å². The summed E-state index contributed by atoms with van der Waals surface area (Å²) < 4.78 is 66.6. The highest BCUT2D eigenvalue weighted by atomic mass is 32.7. The average molecular weight is 697 g/mol. The van der Waals surface area contributed by atoms with Gasteiger partial charge in [-0.15, -0.1) is 9.62 Å². The van der Waals surface area contributed by atoms with Gasteiger partial charge in [-0.1, -0.05) is 5.21 Å². The summed E-state index contributed by atoms with van der Waals surface area (Å²) in [5.41, 5.74) is 8.90. The van der Waals surface area contributed by atoms with Gasteiger partial charge in [0.1, 0.15) is 55.3 Å². The normalized spacial score (nSPS) is 30.7. The van der Waals surface area contributed by atoms with Crippen molar-refractivity contribution in [1.29, 1.82) is 0 Å². The molecule has 2 aliphatic rings. The minimum Gasteiger partial charge on any atom is -0.387 e. The van der Waals surface area contributed by atoms with Crippen molar-refractivity contribution < 1.29 is 41.9 Å². The van der Waals surface area contributed by atoms with Crippen LogP contribution in [0.15, 0.2) is 17.4 Å². The van der Waals surface area contributed by atoms with Gasteiger partial charge in [0.25, 0.3) is 5.56 Å². The number of H-pyrrole nitrogens is 1. The van der Waals surface area contributed by atoms with E-state index in [4.69, 9.17) is 41.8 Å². The summed E-state index contributed by atoms with van der Waals surface area (Å²) in [4.78, 5) is 41.8. The van der Waals surface area contributed by atoms with E-state index in [0.717, 1.165) is 21.9 Å². The number of aliphatic hydroxyl groups is 1. The van der Waals surface area contributed by atoms with Crippen molar-refractivity contribution in [3.05, 3.63) is 23.0 Å². The van der Waals surface area contributed by atoms with Crippen LogP contribution in [0.1, 0.15) is 12.5 Å². The van der Waals surface area contributed by atoms with Crippen molar-refractivity contribution >= 4 is 71.9 Å². The second kappa shape index (κ2) is 11.8. The van der Waals surface area contributed by atoms with E-state index < -0.39 is 81.3 Å². The van der Waals surface area contributed by atoms with Gasteiger partial charge >= 0.3 is 7.23 Å². The fourth-order valence-electron chi connectivity index (χ4n) is 4.94. The number of nitrogens with one attached hydrogen (secondary N) is 1. The summed E-state index contributed by atoms with van der Waals surface area (Å²) in [7, 11) is -2.44. The fraction of sp³-hybridized carbons (Fsp3) is 0.526. The highest BCUT2D eigenvalue weighted by molar-refractivity contribution is 8.39. The lowest BCUT2D eigenvalue weighted by atomic mass is 10.1. The Kier molecular flexibility index (Phi) is 8.37. The van der Waals surface area contributed by atoms with Crippen molar-refractivity contribution in [2.75, 3.05) is 24.7 Å². The molecular weight excluding hydrogens is 674 g/mol. The number of aromatic nitrogens is 9. The Hall–Kier alpha value is -2.85. The van der Waals surface area contributed by atoms with Crippen LogP contribution in [0.3, 0.4) is 0 Å². The lowest BCUT2D eigenvalue weighted by Crippen LogP contribution is -2.34. The second-order valence-electron chi connectivity index (χ2n) is 9.63. The number of thiol groups is 1. The molecule has 25 heteroatoms. The molecule has 6 heterocycles. The molecule has 0 saturated carbocycles. The molecule has 0 radical (unpaired) electrons. The summed E-state index contributed by atoms with van der Waals surface area (Å²) >= 11 is 9.00. The van der Waals surface area contributed by atoms with Crippen LogP contribution in [0.4, 0.5) is 20.5 Å². The van der Waals surface area contributed by atoms with E-state index in [1.807, 2.05) is 0 Å². The van der Waals surface area contributed by atoms with Crippen LogP contribution in [0, 0.1) is 0 Å². The van der Waals surface area contributed by atoms with E-state index in [9.17, 15) is 19.4 Å². The molecule has 4 aromatic rings. The first-order chi connectivity index (χ1) is 20.9. The van der Waals surface area contributed by atoms with Gasteiger partial charge in [-0.25, -0.2) is 23.7 Å². The van der Waals surface area contributed by atoms with Gasteiger partial charge in [-0.2, -0.15) is 9.67 Å². The highest BCUT2D eigenvalue weighted by Gasteiger charge is 2.55. The third-order valence-electron chi connectivity index (χ3n) is 6.99. The number of imidazole rings is 1. The summed E-state index contributed by atoms with van der Waals surface area (Å²) in [6, 6.07) is 0. The van der Waals surface area contributed by atoms with Gasteiger partial charge in [0.2, 0.25) is 5.95 Å². The van der Waals surface area contributed by atoms with Crippen molar-refractivity contribution in [3.8, 4) is 0 Å². The maximum absolute atomic E-state index is 15.9. The topological polar surface area (TPSA) is 267 Å². The molecule has 0 aromatic carbocycles. The SMILES string of the molecule is Nc1nc2c(ncn2[C@@H]2O[C@H](CO[P+](=O)S)[C@@H](F)[C@H]2P(O)(=S)OC[C@H]2O[C@@H](n3nnc4c(N)ncnc43)[C@@H](F)[C@@H]2O)c(=O)[nH]1. The van der Waals surface area contributed by atoms with Gasteiger partial charge in [0.05, 0.1) is 12.9 Å². The van der Waals surface area contributed by atoms with Crippen LogP contribution >= 0.6 is 26.0 Å². The molecule has 2 unspecified atom stereocenters. The molecule has 44 heavy (non-hydrogen) atoms. The summed E-state index contributed by atoms with van der Waals surface area (Å²) in [5.74, 6) is -0.289. The predicted octanol–water partition coefficient (Wildman–Crippen LogP) is -0.358. The van der Waals surface area contributed by atoms with E-state index in [-0.39, 0.29) is 34.1 Å². The van der Waals surface area contributed by atoms with Gasteiger partial charge in [-0.05, 0) is 16.4 Å². The van der Waals surface area contributed by atoms with Crippen LogP contribution in [0.25, 0.3) is 22.3 Å². The Labute approximate surface area is 254 Å². The van der Waals surface area contributed by atoms with Crippen molar-refractivity contribution in [2.24, 2.45) is 0 Å². The Morgan fingerprint density at radius 3 is 2.64 bits per heavy atom. The Morgan fingerprint density at radius 2 is 1.89 bits per heavy atom. The second-order valence-corrected chi connectivity index (χ2v) is 14.9. The number of ether oxygens (including phenoxy) is 2. The highest BCUT2D eigenvalue weighted by Crippen LogP contribution is 2.59. The van der Waals surface area contributed by atoms with Crippen molar-refractivity contribution in [3.63, 3.8) is 0 Å². The number of nitrogens with zero attached hydrogens (tertiary/aromatic N) is 8. The first kappa shape index (κ1) is 31.1. The quantitative estimate of drug-likeness (QED) is 0.0963. The van der Waals surface area contributed by atoms with E-state index in [2.05, 4.69) is 47.5 Å². The smallest absolute Gasteiger partial charge is 0.387 e. The molecule has 6 rings (SSSR count). The van der Waals surface area contributed by atoms with Crippen LogP contribution in [-0.2, 0) is 34.9 Å². The zero-order valence-corrected chi connectivity index (χ0v) is 25.3. The Bertz CT molecular complexity index is 1850. The molecule has 2 aliphatic heterocycles. The Balaban J connectivity index is 1.26. The minimum absolute atomic E-state index is 0.0109. The molecule has 10 atom stereocenters. The number of hydrogen-bond acceptors (Lipinski definition) is 16. The molecule has 0 bridgehead atoms. The van der Waals surface area contributed by atoms with Gasteiger partial charge in [0.15, 0.2) is 53.3 Å². The maximum Gasteiger partial charge on any atom is 0.582 e. The molecule has 0 aliphatic carbocycles. The number of aliphatic hydroxyl groups excluding tert-OH is 1. The molecule has 0 amide bonds. The lowest BCUT2D eigenvalue weighted by molar-refractivity contribution is -0.0475. The number of halogens is 2. The molecule has 236 valence electrons. The first-order valence-electron chi connectivity index (χ1n) is 12.4. The van der Waals surface area contributed by atoms with Gasteiger partial charge < -0.3 is 35.5 Å². The monoisotopic (exact) mass is 696 g/mol. The molecule has 2 saturated heterocycles. The van der Waals surface area contributed by atoms with Crippen LogP contribution in [0.5, 0.6) is 0 Å². The summed E-state index contributed by atoms with van der Waals surface area (Å²) in [6.07, 6.45) is -9.58. The third kappa shape index (κ3) is 5.46. The number of rotatable bonds is 9. The van der Waals surface area contributed by atoms with Crippen molar-refractivity contribution in [2.45, 2.75) is 48.8 Å². The molecule has 2 fully saturated rings. The summed E-state index contributed by atoms with van der Waals surface area (Å²) in [6.45, 7) is -5.54. The van der Waals surface area contributed by atoms with E-state index in [1.54, 1.807) is 0 Å². The molecule has 7 N–H and O–H groups in total. The number of nitrogen functional groups attached to an aromatic ring is 2. The first-order valence-corrected chi connectivity index (χ1v) is 17.5. The third-order valence-corrected chi connectivity index (χ3v) is 10.6. The zero-order chi connectivity index (χ0) is 31.5. The lowest BCUT2D eigenvalue weighted by Gasteiger charge is -2.29. The number of alkyl halides is 2. The van der Waals surface area contributed by atoms with Crippen LogP contribution < -0.4 is 17.0 Å².